The van der Waals surface area contributed by atoms with E-state index in [1.807, 2.05) is 12.1 Å². The van der Waals surface area contributed by atoms with Gasteiger partial charge < -0.3 is 4.98 Å². The minimum absolute atomic E-state index is 0.700. The highest BCUT2D eigenvalue weighted by Crippen LogP contribution is 2.28. The minimum atomic E-state index is 0.700. The average Bonchev–Trinajstić information content (AvgIpc) is 2.82. The van der Waals surface area contributed by atoms with E-state index in [1.54, 1.807) is 18.0 Å². The first kappa shape index (κ1) is 10.3. The van der Waals surface area contributed by atoms with Gasteiger partial charge in [-0.05, 0) is 12.3 Å². The maximum Gasteiger partial charge on any atom is 0.181 e. The number of hydrogen-bond acceptors (Lipinski definition) is 4. The van der Waals surface area contributed by atoms with Crippen molar-refractivity contribution in [3.8, 4) is 11.4 Å². The first-order valence-corrected chi connectivity index (χ1v) is 6.40. The molecule has 0 aliphatic rings. The van der Waals surface area contributed by atoms with Crippen molar-refractivity contribution in [2.45, 2.75) is 4.90 Å². The fraction of sp³-hybridized carbons (Fsp3) is 0.0833. The summed E-state index contributed by atoms with van der Waals surface area (Å²) in [5.41, 5.74) is 2.65. The largest absolute Gasteiger partial charge is 0.335 e. The van der Waals surface area contributed by atoms with Crippen molar-refractivity contribution in [2.75, 3.05) is 6.26 Å². The average molecular weight is 242 g/mol. The number of hydrogen-bond donors (Lipinski definition) is 1. The Morgan fingerprint density at radius 2 is 2.12 bits per heavy atom. The Morgan fingerprint density at radius 3 is 2.94 bits per heavy atom. The molecular weight excluding hydrogens is 232 g/mol. The Morgan fingerprint density at radius 1 is 1.24 bits per heavy atom. The van der Waals surface area contributed by atoms with Crippen LogP contribution >= 0.6 is 11.8 Å². The molecule has 84 valence electrons. The van der Waals surface area contributed by atoms with Crippen LogP contribution in [-0.4, -0.2) is 26.2 Å². The van der Waals surface area contributed by atoms with Crippen molar-refractivity contribution in [2.24, 2.45) is 0 Å². The molecule has 3 rings (SSSR count). The molecule has 0 saturated heterocycles. The van der Waals surface area contributed by atoms with E-state index >= 15 is 0 Å². The summed E-state index contributed by atoms with van der Waals surface area (Å²) in [4.78, 5) is 17.0. The van der Waals surface area contributed by atoms with Gasteiger partial charge in [0, 0.05) is 10.5 Å². The number of nitrogens with one attached hydrogen (secondary N) is 1. The van der Waals surface area contributed by atoms with Gasteiger partial charge in [-0.2, -0.15) is 0 Å². The van der Waals surface area contributed by atoms with E-state index in [2.05, 4.69) is 38.3 Å². The highest BCUT2D eigenvalue weighted by molar-refractivity contribution is 7.98. The second kappa shape index (κ2) is 4.18. The lowest BCUT2D eigenvalue weighted by Crippen LogP contribution is -1.83. The number of aromatic nitrogens is 4. The lowest BCUT2D eigenvalue weighted by atomic mass is 10.2. The number of aromatic amines is 1. The van der Waals surface area contributed by atoms with Crippen molar-refractivity contribution in [1.82, 2.24) is 19.9 Å². The van der Waals surface area contributed by atoms with Crippen LogP contribution in [0.15, 0.2) is 41.7 Å². The van der Waals surface area contributed by atoms with Gasteiger partial charge in [-0.3, -0.25) is 0 Å². The van der Waals surface area contributed by atoms with Crippen LogP contribution in [0.5, 0.6) is 0 Å². The Bertz CT molecular complexity index is 629. The molecule has 0 aliphatic heterocycles. The van der Waals surface area contributed by atoms with Crippen LogP contribution in [0, 0.1) is 0 Å². The standard InChI is InChI=1S/C12H10N4S/c1-17-10-5-3-2-4-8(10)11-15-9-6-13-7-14-12(9)16-11/h2-7H,1H3,(H,13,14,15,16). The van der Waals surface area contributed by atoms with Gasteiger partial charge in [0.25, 0.3) is 0 Å². The summed E-state index contributed by atoms with van der Waals surface area (Å²) < 4.78 is 0. The van der Waals surface area contributed by atoms with E-state index in [0.717, 1.165) is 16.9 Å². The van der Waals surface area contributed by atoms with Gasteiger partial charge in [0.15, 0.2) is 5.65 Å². The first-order chi connectivity index (χ1) is 8.38. The molecule has 0 atom stereocenters. The zero-order chi connectivity index (χ0) is 11.7. The predicted molar refractivity (Wildman–Crippen MR) is 68.9 cm³/mol. The second-order valence-corrected chi connectivity index (χ2v) is 4.39. The maximum absolute atomic E-state index is 4.47. The third kappa shape index (κ3) is 1.78. The number of fused-ring (bicyclic) bond motifs is 1. The summed E-state index contributed by atoms with van der Waals surface area (Å²) in [6.07, 6.45) is 5.30. The summed E-state index contributed by atoms with van der Waals surface area (Å²) in [7, 11) is 0. The number of benzene rings is 1. The fourth-order valence-electron chi connectivity index (χ4n) is 1.73. The third-order valence-corrected chi connectivity index (χ3v) is 3.32. The Labute approximate surface area is 103 Å². The van der Waals surface area contributed by atoms with Gasteiger partial charge in [-0.1, -0.05) is 18.2 Å². The maximum atomic E-state index is 4.47. The van der Waals surface area contributed by atoms with Gasteiger partial charge in [0.05, 0.1) is 6.20 Å². The molecule has 17 heavy (non-hydrogen) atoms. The molecule has 0 saturated carbocycles. The number of nitrogens with zero attached hydrogens (tertiary/aromatic N) is 3. The zero-order valence-electron chi connectivity index (χ0n) is 9.21. The highest BCUT2D eigenvalue weighted by Gasteiger charge is 2.09. The van der Waals surface area contributed by atoms with Gasteiger partial charge >= 0.3 is 0 Å². The molecule has 2 heterocycles. The summed E-state index contributed by atoms with van der Waals surface area (Å²) in [5, 5.41) is 0. The van der Waals surface area contributed by atoms with Crippen molar-refractivity contribution in [3.63, 3.8) is 0 Å². The normalized spacial score (nSPS) is 10.9. The summed E-state index contributed by atoms with van der Waals surface area (Å²) >= 11 is 1.70. The molecule has 5 heteroatoms. The quantitative estimate of drug-likeness (QED) is 0.702. The second-order valence-electron chi connectivity index (χ2n) is 3.55. The van der Waals surface area contributed by atoms with E-state index in [1.165, 1.54) is 11.2 Å². The van der Waals surface area contributed by atoms with E-state index in [-0.39, 0.29) is 0 Å². The SMILES string of the molecule is CSc1ccccc1-c1nc2ncncc2[nH]1. The summed E-state index contributed by atoms with van der Waals surface area (Å²) in [6, 6.07) is 8.17. The predicted octanol–water partition coefficient (Wildman–Crippen LogP) is 2.74. The van der Waals surface area contributed by atoms with Crippen LogP contribution in [0.1, 0.15) is 0 Å². The number of rotatable bonds is 2. The molecule has 0 unspecified atom stereocenters. The lowest BCUT2D eigenvalue weighted by molar-refractivity contribution is 1.20. The number of H-pyrrole nitrogens is 1. The molecule has 4 nitrogen and oxygen atoms in total. The fourth-order valence-corrected chi connectivity index (χ4v) is 2.33. The van der Waals surface area contributed by atoms with Gasteiger partial charge in [-0.25, -0.2) is 15.0 Å². The molecule has 0 aliphatic carbocycles. The van der Waals surface area contributed by atoms with Crippen LogP contribution in [0.2, 0.25) is 0 Å². The van der Waals surface area contributed by atoms with Gasteiger partial charge in [0.2, 0.25) is 0 Å². The number of thioether (sulfide) groups is 1. The van der Waals surface area contributed by atoms with E-state index in [0.29, 0.717) is 5.65 Å². The Hall–Kier alpha value is -1.88. The molecular formula is C12H10N4S. The molecule has 1 N–H and O–H groups in total. The summed E-state index contributed by atoms with van der Waals surface area (Å²) in [6.45, 7) is 0. The molecule has 0 spiro atoms. The monoisotopic (exact) mass is 242 g/mol. The third-order valence-electron chi connectivity index (χ3n) is 2.52. The van der Waals surface area contributed by atoms with Gasteiger partial charge in [-0.15, -0.1) is 11.8 Å². The topological polar surface area (TPSA) is 54.5 Å². The van der Waals surface area contributed by atoms with Crippen LogP contribution in [0.3, 0.4) is 0 Å². The lowest BCUT2D eigenvalue weighted by Gasteiger charge is -2.02. The number of imidazole rings is 1. The minimum Gasteiger partial charge on any atom is -0.335 e. The Balaban J connectivity index is 2.20. The van der Waals surface area contributed by atoms with Gasteiger partial charge in [0.1, 0.15) is 17.7 Å². The highest BCUT2D eigenvalue weighted by atomic mass is 32.2. The molecule has 2 aromatic heterocycles. The van der Waals surface area contributed by atoms with Crippen LogP contribution in [0.4, 0.5) is 0 Å². The molecule has 0 amide bonds. The molecule has 0 fully saturated rings. The first-order valence-electron chi connectivity index (χ1n) is 5.17. The van der Waals surface area contributed by atoms with Crippen molar-refractivity contribution in [3.05, 3.63) is 36.8 Å². The molecule has 1 aromatic carbocycles. The van der Waals surface area contributed by atoms with Crippen LogP contribution < -0.4 is 0 Å². The molecule has 0 radical (unpaired) electrons. The molecule has 3 aromatic rings. The van der Waals surface area contributed by atoms with E-state index < -0.39 is 0 Å². The van der Waals surface area contributed by atoms with E-state index in [4.69, 9.17) is 0 Å². The van der Waals surface area contributed by atoms with E-state index in [9.17, 15) is 0 Å². The van der Waals surface area contributed by atoms with Crippen molar-refractivity contribution >= 4 is 22.9 Å². The smallest absolute Gasteiger partial charge is 0.181 e. The summed E-state index contributed by atoms with van der Waals surface area (Å²) in [5.74, 6) is 0.838. The van der Waals surface area contributed by atoms with Crippen LogP contribution in [0.25, 0.3) is 22.6 Å². The zero-order valence-corrected chi connectivity index (χ0v) is 10.0. The van der Waals surface area contributed by atoms with Crippen molar-refractivity contribution < 1.29 is 0 Å². The molecule has 0 bridgehead atoms. The Kier molecular flexibility index (Phi) is 2.53. The van der Waals surface area contributed by atoms with Crippen LogP contribution in [-0.2, 0) is 0 Å². The van der Waals surface area contributed by atoms with Crippen molar-refractivity contribution in [1.29, 1.82) is 0 Å².